The lowest BCUT2D eigenvalue weighted by atomic mass is 9.84. The second-order valence-electron chi connectivity index (χ2n) is 6.88. The summed E-state index contributed by atoms with van der Waals surface area (Å²) in [6.07, 6.45) is 5.18. The molecule has 0 bridgehead atoms. The Morgan fingerprint density at radius 3 is 2.78 bits per heavy atom. The molecule has 0 fully saturated rings. The molecular weight excluding hydrogens is 348 g/mol. The third kappa shape index (κ3) is 6.99. The van der Waals surface area contributed by atoms with Gasteiger partial charge in [-0.15, -0.1) is 0 Å². The Balaban J connectivity index is 2.83. The monoisotopic (exact) mass is 378 g/mol. The van der Waals surface area contributed by atoms with Crippen molar-refractivity contribution in [2.24, 2.45) is 11.7 Å². The zero-order valence-corrected chi connectivity index (χ0v) is 16.1. The van der Waals surface area contributed by atoms with E-state index in [1.807, 2.05) is 13.8 Å². The Labute approximate surface area is 160 Å². The molecule has 0 aliphatic carbocycles. The number of pyridine rings is 1. The summed E-state index contributed by atoms with van der Waals surface area (Å²) in [6, 6.07) is 2.34. The fourth-order valence-corrected chi connectivity index (χ4v) is 2.64. The molecule has 0 saturated heterocycles. The number of nitrogens with one attached hydrogen (secondary N) is 2. The first kappa shape index (κ1) is 22.6. The molecule has 0 aliphatic heterocycles. The smallest absolute Gasteiger partial charge is 0.337 e. The average molecular weight is 378 g/mol. The molecule has 0 radical (unpaired) electrons. The standard InChI is InChI=1S/C19H30N4O4/c1-13(2)8-17(21)19(26,18(24)25)10-15-9-16(4-6-23-15)27-7-5-14(11-20)12-22-3/h4,6,9,11-13,17,20,22,26H,5,7-8,10,21H2,1-3H3,(H,24,25)/b14-12-,20-11?. The number of aromatic nitrogens is 1. The van der Waals surface area contributed by atoms with Gasteiger partial charge in [0.2, 0.25) is 0 Å². The lowest BCUT2D eigenvalue weighted by Crippen LogP contribution is -2.56. The second kappa shape index (κ2) is 10.6. The number of hydrogen-bond acceptors (Lipinski definition) is 7. The molecule has 1 heterocycles. The van der Waals surface area contributed by atoms with E-state index >= 15 is 0 Å². The highest BCUT2D eigenvalue weighted by molar-refractivity contribution is 5.78. The minimum atomic E-state index is -2.10. The predicted molar refractivity (Wildman–Crippen MR) is 104 cm³/mol. The Bertz CT molecular complexity index is 663. The highest BCUT2D eigenvalue weighted by atomic mass is 16.5. The highest BCUT2D eigenvalue weighted by Gasteiger charge is 2.43. The molecule has 0 aromatic carbocycles. The summed E-state index contributed by atoms with van der Waals surface area (Å²) >= 11 is 0. The summed E-state index contributed by atoms with van der Waals surface area (Å²) in [5.74, 6) is -0.697. The average Bonchev–Trinajstić information content (AvgIpc) is 2.60. The fraction of sp³-hybridized carbons (Fsp3) is 0.526. The van der Waals surface area contributed by atoms with Crippen molar-refractivity contribution in [3.8, 4) is 5.75 Å². The van der Waals surface area contributed by atoms with Crippen LogP contribution in [0.4, 0.5) is 0 Å². The number of nitrogens with zero attached hydrogens (tertiary/aromatic N) is 1. The van der Waals surface area contributed by atoms with Crippen LogP contribution in [0.15, 0.2) is 30.1 Å². The van der Waals surface area contributed by atoms with Crippen molar-refractivity contribution in [3.05, 3.63) is 35.8 Å². The van der Waals surface area contributed by atoms with Gasteiger partial charge in [-0.3, -0.25) is 4.98 Å². The van der Waals surface area contributed by atoms with Crippen LogP contribution in [0.1, 0.15) is 32.4 Å². The zero-order chi connectivity index (χ0) is 20.4. The van der Waals surface area contributed by atoms with Crippen LogP contribution in [-0.4, -0.2) is 52.7 Å². The molecule has 1 rings (SSSR count). The molecular formula is C19H30N4O4. The van der Waals surface area contributed by atoms with Crippen LogP contribution >= 0.6 is 0 Å². The summed E-state index contributed by atoms with van der Waals surface area (Å²) in [7, 11) is 1.76. The van der Waals surface area contributed by atoms with E-state index < -0.39 is 17.6 Å². The van der Waals surface area contributed by atoms with Gasteiger partial charge in [-0.1, -0.05) is 13.8 Å². The van der Waals surface area contributed by atoms with Gasteiger partial charge in [-0.25, -0.2) is 4.79 Å². The Morgan fingerprint density at radius 2 is 2.22 bits per heavy atom. The molecule has 2 atom stereocenters. The van der Waals surface area contributed by atoms with Crippen LogP contribution in [0.25, 0.3) is 0 Å². The van der Waals surface area contributed by atoms with Gasteiger partial charge < -0.3 is 31.4 Å². The molecule has 0 amide bonds. The maximum Gasteiger partial charge on any atom is 0.337 e. The van der Waals surface area contributed by atoms with Gasteiger partial charge >= 0.3 is 5.97 Å². The lowest BCUT2D eigenvalue weighted by molar-refractivity contribution is -0.161. The molecule has 8 nitrogen and oxygen atoms in total. The third-order valence-electron chi connectivity index (χ3n) is 4.12. The second-order valence-corrected chi connectivity index (χ2v) is 6.88. The van der Waals surface area contributed by atoms with Crippen LogP contribution in [0, 0.1) is 11.3 Å². The number of ether oxygens (including phenoxy) is 1. The number of aliphatic hydroxyl groups is 1. The first-order chi connectivity index (χ1) is 12.7. The Kier molecular flexibility index (Phi) is 8.90. The topological polar surface area (TPSA) is 142 Å². The van der Waals surface area contributed by atoms with Gasteiger partial charge in [0, 0.05) is 56.3 Å². The molecule has 0 spiro atoms. The zero-order valence-electron chi connectivity index (χ0n) is 16.1. The lowest BCUT2D eigenvalue weighted by Gasteiger charge is -2.30. The van der Waals surface area contributed by atoms with E-state index in [-0.39, 0.29) is 12.3 Å². The minimum Gasteiger partial charge on any atom is -0.493 e. The van der Waals surface area contributed by atoms with Crippen LogP contribution < -0.4 is 15.8 Å². The summed E-state index contributed by atoms with van der Waals surface area (Å²) in [5, 5.41) is 30.3. The van der Waals surface area contributed by atoms with Crippen molar-refractivity contribution in [2.45, 2.75) is 44.8 Å². The molecule has 0 aliphatic rings. The third-order valence-corrected chi connectivity index (χ3v) is 4.12. The van der Waals surface area contributed by atoms with E-state index in [9.17, 15) is 15.0 Å². The van der Waals surface area contributed by atoms with E-state index in [0.29, 0.717) is 30.9 Å². The maximum atomic E-state index is 11.7. The number of aliphatic carboxylic acids is 1. The molecule has 0 saturated carbocycles. The van der Waals surface area contributed by atoms with Gasteiger partial charge in [0.25, 0.3) is 0 Å². The van der Waals surface area contributed by atoms with E-state index in [1.54, 1.807) is 25.4 Å². The molecule has 1 aromatic rings. The number of nitrogens with two attached hydrogens (primary N) is 1. The van der Waals surface area contributed by atoms with Gasteiger partial charge in [0.15, 0.2) is 5.60 Å². The van der Waals surface area contributed by atoms with Crippen molar-refractivity contribution < 1.29 is 19.7 Å². The van der Waals surface area contributed by atoms with Crippen molar-refractivity contribution in [3.63, 3.8) is 0 Å². The summed E-state index contributed by atoms with van der Waals surface area (Å²) in [5.41, 5.74) is 5.04. The SMILES string of the molecule is CN/C=C(\C=N)CCOc1ccnc(CC(O)(C(=O)O)C(N)CC(C)C)c1. The van der Waals surface area contributed by atoms with Crippen molar-refractivity contribution in [1.29, 1.82) is 5.41 Å². The largest absolute Gasteiger partial charge is 0.493 e. The van der Waals surface area contributed by atoms with Crippen LogP contribution in [0.5, 0.6) is 5.75 Å². The first-order valence-electron chi connectivity index (χ1n) is 8.88. The van der Waals surface area contributed by atoms with E-state index in [0.717, 1.165) is 5.57 Å². The molecule has 6 N–H and O–H groups in total. The number of rotatable bonds is 12. The van der Waals surface area contributed by atoms with Gasteiger partial charge in [0.05, 0.1) is 6.61 Å². The molecule has 150 valence electrons. The minimum absolute atomic E-state index is 0.155. The normalized spacial score (nSPS) is 15.1. The molecule has 27 heavy (non-hydrogen) atoms. The number of carboxylic acid groups (broad SMARTS) is 1. The highest BCUT2D eigenvalue weighted by Crippen LogP contribution is 2.23. The number of carbonyl (C=O) groups is 1. The van der Waals surface area contributed by atoms with Gasteiger partial charge in [0.1, 0.15) is 5.75 Å². The maximum absolute atomic E-state index is 11.7. The molecule has 1 aromatic heterocycles. The van der Waals surface area contributed by atoms with Crippen molar-refractivity contribution in [1.82, 2.24) is 10.3 Å². The van der Waals surface area contributed by atoms with Gasteiger partial charge in [-0.05, 0) is 24.0 Å². The summed E-state index contributed by atoms with van der Waals surface area (Å²) in [6.45, 7) is 4.18. The van der Waals surface area contributed by atoms with Crippen molar-refractivity contribution >= 4 is 12.2 Å². The van der Waals surface area contributed by atoms with E-state index in [1.165, 1.54) is 12.4 Å². The fourth-order valence-electron chi connectivity index (χ4n) is 2.64. The molecule has 2 unspecified atom stereocenters. The molecule has 8 heteroatoms. The summed E-state index contributed by atoms with van der Waals surface area (Å²) in [4.78, 5) is 15.8. The number of carboxylic acids is 1. The van der Waals surface area contributed by atoms with Gasteiger partial charge in [-0.2, -0.15) is 0 Å². The quantitative estimate of drug-likeness (QED) is 0.345. The Hall–Kier alpha value is -2.45. The number of hydrogen-bond donors (Lipinski definition) is 5. The van der Waals surface area contributed by atoms with Crippen LogP contribution in [0.2, 0.25) is 0 Å². The summed E-state index contributed by atoms with van der Waals surface area (Å²) < 4.78 is 5.65. The van der Waals surface area contributed by atoms with Crippen LogP contribution in [0.3, 0.4) is 0 Å². The first-order valence-corrected chi connectivity index (χ1v) is 8.88. The van der Waals surface area contributed by atoms with E-state index in [4.69, 9.17) is 15.9 Å². The Morgan fingerprint density at radius 1 is 1.52 bits per heavy atom. The van der Waals surface area contributed by atoms with Crippen molar-refractivity contribution in [2.75, 3.05) is 13.7 Å². The van der Waals surface area contributed by atoms with Crippen LogP contribution in [-0.2, 0) is 11.2 Å². The predicted octanol–water partition coefficient (Wildman–Crippen LogP) is 1.33. The van der Waals surface area contributed by atoms with E-state index in [2.05, 4.69) is 10.3 Å².